The van der Waals surface area contributed by atoms with Crippen LogP contribution in [0.1, 0.15) is 59.8 Å². The minimum atomic E-state index is -0.319. The zero-order chi connectivity index (χ0) is 14.6. The number of hydrogen-bond donors (Lipinski definition) is 1. The van der Waals surface area contributed by atoms with Gasteiger partial charge in [-0.3, -0.25) is 4.79 Å². The molecule has 20 heavy (non-hydrogen) atoms. The van der Waals surface area contributed by atoms with Crippen molar-refractivity contribution in [2.24, 2.45) is 22.2 Å². The number of nitrogens with one attached hydrogen (secondary N) is 1. The van der Waals surface area contributed by atoms with Gasteiger partial charge in [-0.1, -0.05) is 20.8 Å². The quantitative estimate of drug-likeness (QED) is 0.789. The first-order chi connectivity index (χ1) is 9.30. The molecule has 3 fully saturated rings. The summed E-state index contributed by atoms with van der Waals surface area (Å²) in [6.45, 7) is 10.9. The van der Waals surface area contributed by atoms with E-state index in [1.54, 1.807) is 0 Å². The van der Waals surface area contributed by atoms with Gasteiger partial charge in [0.1, 0.15) is 6.10 Å². The van der Waals surface area contributed by atoms with Crippen molar-refractivity contribution in [3.05, 3.63) is 0 Å². The predicted molar refractivity (Wildman–Crippen MR) is 79.3 cm³/mol. The van der Waals surface area contributed by atoms with Gasteiger partial charge >= 0.3 is 5.97 Å². The van der Waals surface area contributed by atoms with Gasteiger partial charge in [0.05, 0.1) is 5.41 Å². The maximum Gasteiger partial charge on any atom is 0.313 e. The first kappa shape index (κ1) is 14.4. The molecule has 0 aromatic carbocycles. The lowest BCUT2D eigenvalue weighted by Crippen LogP contribution is -2.47. The second-order valence-electron chi connectivity index (χ2n) is 8.35. The predicted octanol–water partition coefficient (Wildman–Crippen LogP) is 3.13. The maximum atomic E-state index is 12.6. The minimum absolute atomic E-state index is 0.0271. The monoisotopic (exact) mass is 279 g/mol. The van der Waals surface area contributed by atoms with Crippen LogP contribution in [-0.2, 0) is 9.53 Å². The summed E-state index contributed by atoms with van der Waals surface area (Å²) in [6.07, 6.45) is 5.73. The van der Waals surface area contributed by atoms with Crippen molar-refractivity contribution >= 4 is 5.97 Å². The zero-order valence-electron chi connectivity index (χ0n) is 13.4. The fourth-order valence-electron chi connectivity index (χ4n) is 4.81. The van der Waals surface area contributed by atoms with Crippen molar-refractivity contribution in [2.45, 2.75) is 65.9 Å². The van der Waals surface area contributed by atoms with Gasteiger partial charge in [0, 0.05) is 12.0 Å². The van der Waals surface area contributed by atoms with Gasteiger partial charge in [0.15, 0.2) is 0 Å². The van der Waals surface area contributed by atoms with E-state index in [1.807, 2.05) is 0 Å². The Kier molecular flexibility index (Phi) is 3.20. The molecule has 2 saturated carbocycles. The Morgan fingerprint density at radius 2 is 1.95 bits per heavy atom. The summed E-state index contributed by atoms with van der Waals surface area (Å²) in [7, 11) is 0. The Balaban J connectivity index is 1.72. The Labute approximate surface area is 122 Å². The molecule has 3 rings (SSSR count). The fraction of sp³-hybridized carbons (Fsp3) is 0.941. The smallest absolute Gasteiger partial charge is 0.313 e. The molecule has 0 radical (unpaired) electrons. The second-order valence-corrected chi connectivity index (χ2v) is 8.35. The van der Waals surface area contributed by atoms with Gasteiger partial charge < -0.3 is 10.1 Å². The molecule has 3 heteroatoms. The van der Waals surface area contributed by atoms with Crippen LogP contribution in [0.2, 0.25) is 0 Å². The summed E-state index contributed by atoms with van der Waals surface area (Å²) in [5, 5.41) is 3.34. The molecular weight excluding hydrogens is 250 g/mol. The van der Waals surface area contributed by atoms with Crippen molar-refractivity contribution < 1.29 is 9.53 Å². The van der Waals surface area contributed by atoms with Gasteiger partial charge in [-0.2, -0.15) is 0 Å². The molecule has 1 heterocycles. The Bertz CT molecular complexity index is 411. The normalized spacial score (nSPS) is 46.4. The number of hydrogen-bond acceptors (Lipinski definition) is 3. The Hall–Kier alpha value is -0.570. The summed E-state index contributed by atoms with van der Waals surface area (Å²) >= 11 is 0. The zero-order valence-corrected chi connectivity index (χ0v) is 13.4. The average Bonchev–Trinajstić information content (AvgIpc) is 2.73. The van der Waals surface area contributed by atoms with Crippen LogP contribution in [0.4, 0.5) is 0 Å². The molecule has 4 atom stereocenters. The van der Waals surface area contributed by atoms with Crippen LogP contribution in [0.5, 0.6) is 0 Å². The van der Waals surface area contributed by atoms with E-state index in [1.165, 1.54) is 12.8 Å². The number of fused-ring (bicyclic) bond motifs is 2. The number of esters is 1. The van der Waals surface area contributed by atoms with E-state index >= 15 is 0 Å². The molecule has 2 aliphatic carbocycles. The van der Waals surface area contributed by atoms with Crippen molar-refractivity contribution in [2.75, 3.05) is 13.1 Å². The highest BCUT2D eigenvalue weighted by molar-refractivity contribution is 5.77. The standard InChI is InChI=1S/C17H29NO2/c1-15(2)12-6-8-17(15,4)13(10-12)20-14(19)16(3)7-5-9-18-11-16/h12-13,18H,5-11H2,1-4H3. The Morgan fingerprint density at radius 1 is 1.20 bits per heavy atom. The van der Waals surface area contributed by atoms with E-state index in [-0.39, 0.29) is 22.9 Å². The summed E-state index contributed by atoms with van der Waals surface area (Å²) in [5.74, 6) is 0.752. The van der Waals surface area contributed by atoms with Crippen LogP contribution in [0.15, 0.2) is 0 Å². The van der Waals surface area contributed by atoms with Crippen LogP contribution < -0.4 is 5.32 Å². The maximum absolute atomic E-state index is 12.6. The Morgan fingerprint density at radius 3 is 2.45 bits per heavy atom. The number of carbonyl (C=O) groups is 1. The number of ether oxygens (including phenoxy) is 1. The fourth-order valence-corrected chi connectivity index (χ4v) is 4.81. The first-order valence-corrected chi connectivity index (χ1v) is 8.21. The topological polar surface area (TPSA) is 38.3 Å². The molecule has 3 nitrogen and oxygen atoms in total. The summed E-state index contributed by atoms with van der Waals surface area (Å²) in [4.78, 5) is 12.6. The van der Waals surface area contributed by atoms with Crippen LogP contribution in [0, 0.1) is 22.2 Å². The lowest BCUT2D eigenvalue weighted by Gasteiger charge is -2.40. The second kappa shape index (κ2) is 4.46. The third-order valence-electron chi connectivity index (χ3n) is 7.05. The molecule has 0 spiro atoms. The first-order valence-electron chi connectivity index (χ1n) is 8.21. The number of rotatable bonds is 2. The van der Waals surface area contributed by atoms with Crippen molar-refractivity contribution in [1.82, 2.24) is 5.32 Å². The highest BCUT2D eigenvalue weighted by atomic mass is 16.5. The van der Waals surface area contributed by atoms with Gasteiger partial charge in [0.25, 0.3) is 0 Å². The van der Waals surface area contributed by atoms with E-state index in [9.17, 15) is 4.79 Å². The number of carbonyl (C=O) groups excluding carboxylic acids is 1. The molecule has 0 amide bonds. The molecule has 1 N–H and O–H groups in total. The van der Waals surface area contributed by atoms with Crippen LogP contribution >= 0.6 is 0 Å². The molecule has 1 aliphatic heterocycles. The molecule has 1 saturated heterocycles. The van der Waals surface area contributed by atoms with Crippen LogP contribution in [0.25, 0.3) is 0 Å². The van der Waals surface area contributed by atoms with E-state index in [0.717, 1.165) is 38.3 Å². The van der Waals surface area contributed by atoms with E-state index in [0.29, 0.717) is 5.41 Å². The molecule has 114 valence electrons. The van der Waals surface area contributed by atoms with Gasteiger partial charge in [-0.25, -0.2) is 0 Å². The highest BCUT2D eigenvalue weighted by Gasteiger charge is 2.63. The van der Waals surface area contributed by atoms with Gasteiger partial charge in [-0.15, -0.1) is 0 Å². The molecule has 2 bridgehead atoms. The van der Waals surface area contributed by atoms with E-state index in [2.05, 4.69) is 33.0 Å². The molecule has 4 unspecified atom stereocenters. The lowest BCUT2D eigenvalue weighted by molar-refractivity contribution is -0.169. The lowest BCUT2D eigenvalue weighted by atomic mass is 9.70. The van der Waals surface area contributed by atoms with Crippen LogP contribution in [-0.4, -0.2) is 25.2 Å². The molecular formula is C17H29NO2. The van der Waals surface area contributed by atoms with Crippen molar-refractivity contribution in [1.29, 1.82) is 0 Å². The molecule has 3 aliphatic rings. The summed E-state index contributed by atoms with van der Waals surface area (Å²) in [5.41, 5.74) is 0.163. The largest absolute Gasteiger partial charge is 0.461 e. The number of piperidine rings is 1. The average molecular weight is 279 g/mol. The summed E-state index contributed by atoms with van der Waals surface area (Å²) in [6, 6.07) is 0. The van der Waals surface area contributed by atoms with E-state index in [4.69, 9.17) is 4.74 Å². The molecule has 0 aromatic rings. The third-order valence-corrected chi connectivity index (χ3v) is 7.05. The van der Waals surface area contributed by atoms with Gasteiger partial charge in [0.2, 0.25) is 0 Å². The minimum Gasteiger partial charge on any atom is -0.461 e. The van der Waals surface area contributed by atoms with Crippen LogP contribution in [0.3, 0.4) is 0 Å². The SMILES string of the molecule is CC1(C(=O)OC2CC3CCC2(C)C3(C)C)CCCNC1. The highest BCUT2D eigenvalue weighted by Crippen LogP contribution is 2.66. The van der Waals surface area contributed by atoms with Crippen molar-refractivity contribution in [3.63, 3.8) is 0 Å². The third kappa shape index (κ3) is 1.85. The molecule has 0 aromatic heterocycles. The van der Waals surface area contributed by atoms with E-state index < -0.39 is 0 Å². The van der Waals surface area contributed by atoms with Crippen molar-refractivity contribution in [3.8, 4) is 0 Å². The summed E-state index contributed by atoms with van der Waals surface area (Å²) < 4.78 is 6.05. The van der Waals surface area contributed by atoms with Gasteiger partial charge in [-0.05, 0) is 56.9 Å².